The highest BCUT2D eigenvalue weighted by molar-refractivity contribution is 5.81. The fraction of sp³-hybridized carbons (Fsp3) is 0.480. The summed E-state index contributed by atoms with van der Waals surface area (Å²) in [5.74, 6) is 2.55. The van der Waals surface area contributed by atoms with Crippen molar-refractivity contribution < 1.29 is 19.0 Å². The molecule has 0 aromatic heterocycles. The maximum absolute atomic E-state index is 13.2. The number of rotatable bonds is 8. The molecule has 2 aromatic rings. The van der Waals surface area contributed by atoms with Crippen molar-refractivity contribution in [1.82, 2.24) is 4.90 Å². The van der Waals surface area contributed by atoms with E-state index >= 15 is 0 Å². The Morgan fingerprint density at radius 3 is 2.60 bits per heavy atom. The topological polar surface area (TPSA) is 48.0 Å². The van der Waals surface area contributed by atoms with E-state index in [0.29, 0.717) is 25.6 Å². The molecule has 0 aliphatic carbocycles. The second kappa shape index (κ2) is 9.88. The van der Waals surface area contributed by atoms with Gasteiger partial charge in [-0.25, -0.2) is 0 Å². The highest BCUT2D eigenvalue weighted by atomic mass is 16.6. The molecule has 5 heteroatoms. The molecule has 30 heavy (non-hydrogen) atoms. The van der Waals surface area contributed by atoms with Crippen molar-refractivity contribution in [1.29, 1.82) is 0 Å². The first-order chi connectivity index (χ1) is 14.4. The first kappa shape index (κ1) is 22.0. The molecule has 1 amide bonds. The van der Waals surface area contributed by atoms with E-state index in [1.165, 1.54) is 0 Å². The second-order valence-electron chi connectivity index (χ2n) is 8.24. The molecular formula is C25H33NO4. The van der Waals surface area contributed by atoms with Crippen molar-refractivity contribution in [2.24, 2.45) is 0 Å². The van der Waals surface area contributed by atoms with Crippen molar-refractivity contribution in [3.8, 4) is 17.2 Å². The Morgan fingerprint density at radius 1 is 1.17 bits per heavy atom. The van der Waals surface area contributed by atoms with Gasteiger partial charge >= 0.3 is 0 Å². The van der Waals surface area contributed by atoms with Crippen molar-refractivity contribution in [2.45, 2.75) is 59.2 Å². The lowest BCUT2D eigenvalue weighted by molar-refractivity contribution is -0.139. The average molecular weight is 412 g/mol. The summed E-state index contributed by atoms with van der Waals surface area (Å²) in [7, 11) is 0. The van der Waals surface area contributed by atoms with Gasteiger partial charge in [0, 0.05) is 6.54 Å². The lowest BCUT2D eigenvalue weighted by Crippen LogP contribution is -2.48. The van der Waals surface area contributed by atoms with Gasteiger partial charge in [0.2, 0.25) is 0 Å². The zero-order valence-corrected chi connectivity index (χ0v) is 18.7. The summed E-state index contributed by atoms with van der Waals surface area (Å²) < 4.78 is 18.0. The molecule has 0 spiro atoms. The Kier molecular flexibility index (Phi) is 7.24. The predicted molar refractivity (Wildman–Crippen MR) is 119 cm³/mol. The Bertz CT molecular complexity index is 864. The van der Waals surface area contributed by atoms with Gasteiger partial charge in [0.25, 0.3) is 5.91 Å². The van der Waals surface area contributed by atoms with Gasteiger partial charge in [-0.05, 0) is 55.5 Å². The quantitative estimate of drug-likeness (QED) is 0.616. The number of aryl methyl sites for hydroxylation is 1. The third-order valence-corrected chi connectivity index (χ3v) is 5.24. The Labute approximate surface area is 179 Å². The number of benzene rings is 2. The second-order valence-corrected chi connectivity index (χ2v) is 8.24. The van der Waals surface area contributed by atoms with E-state index in [0.717, 1.165) is 34.8 Å². The van der Waals surface area contributed by atoms with E-state index in [-0.39, 0.29) is 12.0 Å². The van der Waals surface area contributed by atoms with E-state index in [1.807, 2.05) is 49.1 Å². The molecule has 2 unspecified atom stereocenters. The van der Waals surface area contributed by atoms with Crippen LogP contribution in [0.15, 0.2) is 42.5 Å². The molecule has 1 aliphatic heterocycles. The lowest BCUT2D eigenvalue weighted by Gasteiger charge is -2.32. The number of ether oxygens (including phenoxy) is 3. The van der Waals surface area contributed by atoms with Crippen molar-refractivity contribution >= 4 is 5.91 Å². The van der Waals surface area contributed by atoms with E-state index in [2.05, 4.69) is 32.9 Å². The van der Waals surface area contributed by atoms with Gasteiger partial charge in [0.1, 0.15) is 12.4 Å². The number of amides is 1. The molecule has 3 rings (SSSR count). The number of hydrogen-bond acceptors (Lipinski definition) is 4. The molecular weight excluding hydrogens is 378 g/mol. The minimum Gasteiger partial charge on any atom is -0.486 e. The largest absolute Gasteiger partial charge is 0.486 e. The monoisotopic (exact) mass is 411 g/mol. The van der Waals surface area contributed by atoms with Crippen LogP contribution >= 0.6 is 0 Å². The van der Waals surface area contributed by atoms with Crippen LogP contribution in [0, 0.1) is 6.92 Å². The maximum Gasteiger partial charge on any atom is 0.263 e. The zero-order valence-electron chi connectivity index (χ0n) is 18.7. The van der Waals surface area contributed by atoms with Crippen molar-refractivity contribution in [2.75, 3.05) is 19.7 Å². The van der Waals surface area contributed by atoms with Crippen LogP contribution in [0.2, 0.25) is 0 Å². The average Bonchev–Trinajstić information content (AvgIpc) is 2.72. The number of carbonyl (C=O) groups excluding carboxylic acids is 1. The number of nitrogens with zero attached hydrogens (tertiary/aromatic N) is 1. The lowest BCUT2D eigenvalue weighted by atomic mass is 10.0. The third kappa shape index (κ3) is 5.26. The summed E-state index contributed by atoms with van der Waals surface area (Å²) in [4.78, 5) is 15.1. The standard InChI is InChI=1S/C25H33NO4/c1-6-13-26(15-20-16-28-22-9-7-8-10-23(22)30-20)25(27)19(5)29-24-14-18(4)11-12-21(24)17(2)3/h7-12,14,17,19-20H,6,13,15-16H2,1-5H3. The van der Waals surface area contributed by atoms with E-state index in [4.69, 9.17) is 14.2 Å². The third-order valence-electron chi connectivity index (χ3n) is 5.24. The summed E-state index contributed by atoms with van der Waals surface area (Å²) in [6.07, 6.45) is 0.0880. The van der Waals surface area contributed by atoms with Gasteiger partial charge < -0.3 is 19.1 Å². The summed E-state index contributed by atoms with van der Waals surface area (Å²) in [6.45, 7) is 11.7. The molecule has 162 valence electrons. The fourth-order valence-electron chi connectivity index (χ4n) is 3.68. The maximum atomic E-state index is 13.2. The summed E-state index contributed by atoms with van der Waals surface area (Å²) in [6, 6.07) is 13.8. The van der Waals surface area contributed by atoms with Gasteiger partial charge in [0.05, 0.1) is 6.54 Å². The summed E-state index contributed by atoms with van der Waals surface area (Å²) >= 11 is 0. The van der Waals surface area contributed by atoms with E-state index in [9.17, 15) is 4.79 Å². The summed E-state index contributed by atoms with van der Waals surface area (Å²) in [5.41, 5.74) is 2.23. The number of para-hydroxylation sites is 2. The van der Waals surface area contributed by atoms with Gasteiger partial charge in [-0.1, -0.05) is 45.0 Å². The first-order valence-corrected chi connectivity index (χ1v) is 10.8. The Morgan fingerprint density at radius 2 is 1.90 bits per heavy atom. The van der Waals surface area contributed by atoms with Crippen molar-refractivity contribution in [3.05, 3.63) is 53.6 Å². The Balaban J connectivity index is 1.69. The molecule has 0 bridgehead atoms. The highest BCUT2D eigenvalue weighted by Gasteiger charge is 2.28. The van der Waals surface area contributed by atoms with Gasteiger partial charge in [0.15, 0.2) is 23.7 Å². The number of fused-ring (bicyclic) bond motifs is 1. The molecule has 2 aromatic carbocycles. The first-order valence-electron chi connectivity index (χ1n) is 10.8. The molecule has 0 saturated carbocycles. The molecule has 0 fully saturated rings. The van der Waals surface area contributed by atoms with Crippen LogP contribution in [0.25, 0.3) is 0 Å². The SMILES string of the molecule is CCCN(CC1COc2ccccc2O1)C(=O)C(C)Oc1cc(C)ccc1C(C)C. The van der Waals surface area contributed by atoms with Crippen LogP contribution in [0.5, 0.6) is 17.2 Å². The van der Waals surface area contributed by atoms with Crippen LogP contribution in [0.3, 0.4) is 0 Å². The van der Waals surface area contributed by atoms with Crippen LogP contribution in [0.4, 0.5) is 0 Å². The van der Waals surface area contributed by atoms with Gasteiger partial charge in [-0.15, -0.1) is 0 Å². The van der Waals surface area contributed by atoms with E-state index in [1.54, 1.807) is 0 Å². The number of hydrogen-bond donors (Lipinski definition) is 0. The smallest absolute Gasteiger partial charge is 0.263 e. The molecule has 0 N–H and O–H groups in total. The fourth-order valence-corrected chi connectivity index (χ4v) is 3.68. The normalized spacial score (nSPS) is 16.3. The number of carbonyl (C=O) groups is 1. The van der Waals surface area contributed by atoms with Crippen LogP contribution in [-0.4, -0.2) is 42.7 Å². The van der Waals surface area contributed by atoms with E-state index < -0.39 is 6.10 Å². The Hall–Kier alpha value is -2.69. The molecule has 2 atom stereocenters. The molecule has 0 radical (unpaired) electrons. The van der Waals surface area contributed by atoms with Crippen LogP contribution in [0.1, 0.15) is 51.2 Å². The van der Waals surface area contributed by atoms with Gasteiger partial charge in [-0.2, -0.15) is 0 Å². The van der Waals surface area contributed by atoms with Crippen LogP contribution in [-0.2, 0) is 4.79 Å². The molecule has 1 aliphatic rings. The van der Waals surface area contributed by atoms with Crippen LogP contribution < -0.4 is 14.2 Å². The van der Waals surface area contributed by atoms with Gasteiger partial charge in [-0.3, -0.25) is 4.79 Å². The minimum atomic E-state index is -0.576. The van der Waals surface area contributed by atoms with Crippen molar-refractivity contribution in [3.63, 3.8) is 0 Å². The predicted octanol–water partition coefficient (Wildman–Crippen LogP) is 4.96. The minimum absolute atomic E-state index is 0.0319. The highest BCUT2D eigenvalue weighted by Crippen LogP contribution is 2.31. The molecule has 5 nitrogen and oxygen atoms in total. The molecule has 1 heterocycles. The summed E-state index contributed by atoms with van der Waals surface area (Å²) in [5, 5.41) is 0. The molecule has 0 saturated heterocycles. The zero-order chi connectivity index (χ0) is 21.7.